The Morgan fingerprint density at radius 2 is 0.894 bits per heavy atom. The van der Waals surface area contributed by atoms with E-state index >= 15 is 0 Å². The quantitative estimate of drug-likeness (QED) is 0.0788. The number of nitrogens with one attached hydrogen (secondary N) is 6. The maximum absolute atomic E-state index is 13.3. The summed E-state index contributed by atoms with van der Waals surface area (Å²) in [6, 6.07) is 10.2. The number of carbonyl (C=O) groups excluding carboxylic acids is 6. The number of hydrogen-bond acceptors (Lipinski definition) is 14. The fraction of sp³-hybridized carbons (Fsp3) is 0.522. The first-order valence-corrected chi connectivity index (χ1v) is 21.5. The number of hydrogen-bond donors (Lipinski definition) is 8. The summed E-state index contributed by atoms with van der Waals surface area (Å²) in [5.74, 6) is -0.389. The lowest BCUT2D eigenvalue weighted by molar-refractivity contribution is -0.143. The van der Waals surface area contributed by atoms with Crippen molar-refractivity contribution in [1.82, 2.24) is 31.9 Å². The molecule has 20 heteroatoms. The zero-order valence-electron chi connectivity index (χ0n) is 37.9. The number of ketones is 2. The summed E-state index contributed by atoms with van der Waals surface area (Å²) in [5.41, 5.74) is 1.99. The van der Waals surface area contributed by atoms with E-state index in [4.69, 9.17) is 18.9 Å². The number of carboxylic acid groups (broad SMARTS) is 2. The van der Waals surface area contributed by atoms with E-state index in [1.54, 1.807) is 90.1 Å². The van der Waals surface area contributed by atoms with Crippen LogP contribution in [0.1, 0.15) is 76.6 Å². The van der Waals surface area contributed by atoms with Gasteiger partial charge in [0.1, 0.15) is 34.9 Å². The van der Waals surface area contributed by atoms with E-state index in [-0.39, 0.29) is 50.6 Å². The van der Waals surface area contributed by atoms with Crippen LogP contribution in [-0.2, 0) is 64.1 Å². The van der Waals surface area contributed by atoms with Gasteiger partial charge in [0.2, 0.25) is 0 Å². The van der Waals surface area contributed by atoms with Crippen LogP contribution >= 0.6 is 0 Å². The van der Waals surface area contributed by atoms with Crippen molar-refractivity contribution in [3.8, 4) is 11.8 Å². The Kier molecular flexibility index (Phi) is 18.9. The minimum Gasteiger partial charge on any atom is -0.480 e. The first-order valence-electron chi connectivity index (χ1n) is 21.5. The summed E-state index contributed by atoms with van der Waals surface area (Å²) in [4.78, 5) is 99.8. The monoisotopic (exact) mass is 920 g/mol. The predicted molar refractivity (Wildman–Crippen MR) is 236 cm³/mol. The zero-order chi connectivity index (χ0) is 48.6. The Hall–Kier alpha value is -6.72. The SMILES string of the molecule is CC(C)(C)OC(=O)NCc1ccc(CCC(=O)C2C(NC(=O)OCC#CCOC(=O)NC3CNC(C(=O)O)C3C(=O)CCc3ccc(CNC(=O)OC(C)(C)C)cc3)CNC2C(=O)O)cc1. The van der Waals surface area contributed by atoms with Crippen LogP contribution in [0, 0.1) is 23.7 Å². The Balaban J connectivity index is 1.18. The Labute approximate surface area is 383 Å². The molecule has 6 atom stereocenters. The van der Waals surface area contributed by atoms with Crippen LogP contribution in [-0.4, -0.2) is 120 Å². The van der Waals surface area contributed by atoms with Gasteiger partial charge in [-0.3, -0.25) is 19.2 Å². The van der Waals surface area contributed by atoms with Crippen molar-refractivity contribution in [2.24, 2.45) is 11.8 Å². The molecule has 4 amide bonds. The minimum atomic E-state index is -1.25. The van der Waals surface area contributed by atoms with Crippen LogP contribution < -0.4 is 31.9 Å². The maximum Gasteiger partial charge on any atom is 0.408 e. The van der Waals surface area contributed by atoms with E-state index in [9.17, 15) is 48.6 Å². The number of benzene rings is 2. The topological polar surface area (TPSA) is 286 Å². The molecule has 0 radical (unpaired) electrons. The number of aliphatic carboxylic acids is 2. The number of alkyl carbamates (subject to hydrolysis) is 4. The molecule has 0 aliphatic carbocycles. The molecule has 0 bridgehead atoms. The number of Topliss-reactive ketones (excluding diaryl/α,β-unsaturated/α-hetero) is 2. The summed E-state index contributed by atoms with van der Waals surface area (Å²) in [6.45, 7) is 10.2. The molecule has 2 aliphatic heterocycles. The van der Waals surface area contributed by atoms with Gasteiger partial charge in [0.15, 0.2) is 13.2 Å². The van der Waals surface area contributed by atoms with Crippen molar-refractivity contribution < 1.29 is 67.5 Å². The van der Waals surface area contributed by atoms with Gasteiger partial charge in [-0.1, -0.05) is 60.4 Å². The number of rotatable bonds is 18. The summed E-state index contributed by atoms with van der Waals surface area (Å²) in [7, 11) is 0. The molecule has 8 N–H and O–H groups in total. The second-order valence-electron chi connectivity index (χ2n) is 17.8. The molecule has 66 heavy (non-hydrogen) atoms. The third-order valence-electron chi connectivity index (χ3n) is 10.3. The number of amides is 4. The molecule has 2 saturated heterocycles. The van der Waals surface area contributed by atoms with E-state index in [1.165, 1.54) is 0 Å². The molecule has 358 valence electrons. The van der Waals surface area contributed by atoms with Crippen molar-refractivity contribution in [2.75, 3.05) is 26.3 Å². The van der Waals surface area contributed by atoms with Crippen molar-refractivity contribution in [2.45, 2.75) is 116 Å². The molecule has 0 spiro atoms. The van der Waals surface area contributed by atoms with Crippen molar-refractivity contribution in [3.63, 3.8) is 0 Å². The van der Waals surface area contributed by atoms with Gasteiger partial charge in [-0.2, -0.15) is 0 Å². The number of aryl methyl sites for hydroxylation is 2. The van der Waals surface area contributed by atoms with E-state index in [0.29, 0.717) is 12.8 Å². The Morgan fingerprint density at radius 3 is 1.21 bits per heavy atom. The third kappa shape index (κ3) is 17.3. The third-order valence-corrected chi connectivity index (χ3v) is 10.3. The number of carbonyl (C=O) groups is 8. The highest BCUT2D eigenvalue weighted by atomic mass is 16.6. The van der Waals surface area contributed by atoms with Crippen LogP contribution in [0.2, 0.25) is 0 Å². The lowest BCUT2D eigenvalue weighted by Crippen LogP contribution is -2.46. The van der Waals surface area contributed by atoms with Crippen LogP contribution in [0.25, 0.3) is 0 Å². The van der Waals surface area contributed by atoms with Gasteiger partial charge in [-0.05, 0) is 76.6 Å². The lowest BCUT2D eigenvalue weighted by atomic mass is 9.88. The molecule has 20 nitrogen and oxygen atoms in total. The average molecular weight is 921 g/mol. The van der Waals surface area contributed by atoms with E-state index in [0.717, 1.165) is 22.3 Å². The molecule has 2 aromatic carbocycles. The molecule has 2 aromatic rings. The van der Waals surface area contributed by atoms with Crippen LogP contribution in [0.5, 0.6) is 0 Å². The van der Waals surface area contributed by atoms with Gasteiger partial charge >= 0.3 is 36.3 Å². The molecule has 0 saturated carbocycles. The number of carboxylic acids is 2. The summed E-state index contributed by atoms with van der Waals surface area (Å²) in [5, 5.41) is 35.5. The summed E-state index contributed by atoms with van der Waals surface area (Å²) < 4.78 is 20.6. The second kappa shape index (κ2) is 24.0. The smallest absolute Gasteiger partial charge is 0.408 e. The molecule has 2 heterocycles. The van der Waals surface area contributed by atoms with Gasteiger partial charge < -0.3 is 61.1 Å². The molecule has 6 unspecified atom stereocenters. The van der Waals surface area contributed by atoms with Crippen LogP contribution in [0.15, 0.2) is 48.5 Å². The Bertz CT molecular complexity index is 1970. The first kappa shape index (κ1) is 51.9. The van der Waals surface area contributed by atoms with Gasteiger partial charge in [0.05, 0.1) is 23.9 Å². The largest absolute Gasteiger partial charge is 0.480 e. The average Bonchev–Trinajstić information content (AvgIpc) is 3.86. The Morgan fingerprint density at radius 1 is 0.561 bits per heavy atom. The maximum atomic E-state index is 13.3. The molecule has 0 aromatic heterocycles. The molecule has 2 fully saturated rings. The van der Waals surface area contributed by atoms with Gasteiger partial charge in [-0.25, -0.2) is 19.2 Å². The molecular formula is C46H60N6O14. The zero-order valence-corrected chi connectivity index (χ0v) is 37.9. The molecule has 2 aliphatic rings. The van der Waals surface area contributed by atoms with Crippen molar-refractivity contribution >= 4 is 47.9 Å². The van der Waals surface area contributed by atoms with Gasteiger partial charge in [0, 0.05) is 39.0 Å². The predicted octanol–water partition coefficient (Wildman–Crippen LogP) is 2.98. The van der Waals surface area contributed by atoms with E-state index in [2.05, 4.69) is 43.7 Å². The fourth-order valence-corrected chi connectivity index (χ4v) is 7.25. The van der Waals surface area contributed by atoms with E-state index in [1.807, 2.05) is 0 Å². The fourth-order valence-electron chi connectivity index (χ4n) is 7.25. The first-order chi connectivity index (χ1) is 31.1. The van der Waals surface area contributed by atoms with E-state index < -0.39 is 96.7 Å². The summed E-state index contributed by atoms with van der Waals surface area (Å²) >= 11 is 0. The highest BCUT2D eigenvalue weighted by Crippen LogP contribution is 2.23. The van der Waals surface area contributed by atoms with Gasteiger partial charge in [-0.15, -0.1) is 0 Å². The lowest BCUT2D eigenvalue weighted by Gasteiger charge is -2.21. The van der Waals surface area contributed by atoms with Gasteiger partial charge in [0.25, 0.3) is 0 Å². The highest BCUT2D eigenvalue weighted by Gasteiger charge is 2.46. The highest BCUT2D eigenvalue weighted by molar-refractivity contribution is 5.91. The van der Waals surface area contributed by atoms with Crippen LogP contribution in [0.4, 0.5) is 19.2 Å². The van der Waals surface area contributed by atoms with Crippen LogP contribution in [0.3, 0.4) is 0 Å². The molecular weight excluding hydrogens is 861 g/mol. The normalized spacial score (nSPS) is 20.1. The second-order valence-corrected chi connectivity index (χ2v) is 17.8. The summed E-state index contributed by atoms with van der Waals surface area (Å²) in [6.07, 6.45) is -2.37. The number of ether oxygens (including phenoxy) is 4. The molecule has 4 rings (SSSR count). The van der Waals surface area contributed by atoms with Crippen molar-refractivity contribution in [3.05, 3.63) is 70.8 Å². The van der Waals surface area contributed by atoms with Crippen molar-refractivity contribution in [1.29, 1.82) is 0 Å². The standard InChI is InChI=1S/C46H60N6O14/c1-45(2,3)65-41(59)49-23-29-13-9-27(10-14-29)17-19-33(53)35-31(25-47-37(35)39(55)56)51-43(61)63-21-7-8-22-64-44(62)52-32-26-48-38(40(57)58)36(32)34(54)20-18-28-11-15-30(16-12-28)24-50-42(60)66-46(4,5)6/h9-16,31-32,35-38,47-48H,17-26H2,1-6H3,(H,49,59)(H,50,60)(H,51,61)(H,52,62)(H,55,56)(H,57,58). The minimum absolute atomic E-state index is 0.00145.